The third-order valence-electron chi connectivity index (χ3n) is 11.5. The Hall–Kier alpha value is -2.66. The number of fused-ring (bicyclic) bond motifs is 8. The molecule has 232 valence electrons. The van der Waals surface area contributed by atoms with E-state index in [1.807, 2.05) is 0 Å². The number of rotatable bonds is 4. The molecule has 0 amide bonds. The third kappa shape index (κ3) is 4.89. The Bertz CT molecular complexity index is 1760. The maximum atomic E-state index is 2.70. The van der Waals surface area contributed by atoms with Gasteiger partial charge in [0, 0.05) is 0 Å². The second kappa shape index (κ2) is 11.2. The van der Waals surface area contributed by atoms with Crippen LogP contribution in [0.4, 0.5) is 0 Å². The molecule has 2 aliphatic carbocycles. The van der Waals surface area contributed by atoms with Gasteiger partial charge in [-0.3, -0.25) is 0 Å². The van der Waals surface area contributed by atoms with Crippen LogP contribution in [0, 0.1) is 0 Å². The van der Waals surface area contributed by atoms with Gasteiger partial charge in [0.2, 0.25) is 0 Å². The van der Waals surface area contributed by atoms with E-state index in [0.29, 0.717) is 8.09 Å². The maximum absolute atomic E-state index is 2.70. The van der Waals surface area contributed by atoms with Crippen LogP contribution >= 0.6 is 0 Å². The van der Waals surface area contributed by atoms with Crippen molar-refractivity contribution in [1.82, 2.24) is 0 Å². The molecule has 4 aromatic rings. The first-order valence-corrected chi connectivity index (χ1v) is 22.4. The Morgan fingerprint density at radius 2 is 0.913 bits per heavy atom. The largest absolute Gasteiger partial charge is 0.400 e. The Morgan fingerprint density at radius 1 is 0.543 bits per heavy atom. The van der Waals surface area contributed by atoms with Crippen LogP contribution in [-0.4, -0.2) is 28.4 Å². The molecule has 0 spiro atoms. The summed E-state index contributed by atoms with van der Waals surface area (Å²) in [6.07, 6.45) is 2.33. The van der Waals surface area contributed by atoms with Gasteiger partial charge in [-0.15, -0.1) is 0 Å². The maximum Gasteiger partial charge on any atom is 0.400 e. The lowest BCUT2D eigenvalue weighted by atomic mass is 9.86. The summed E-state index contributed by atoms with van der Waals surface area (Å²) in [6, 6.07) is 33.7. The van der Waals surface area contributed by atoms with Crippen LogP contribution in [0.25, 0.3) is 32.6 Å². The fraction of sp³-hybridized carbons (Fsp3) is 0.364. The molecule has 3 aliphatic rings. The van der Waals surface area contributed by atoms with Crippen molar-refractivity contribution in [3.63, 3.8) is 0 Å². The van der Waals surface area contributed by atoms with Gasteiger partial charge in [-0.05, 0) is 78.6 Å². The predicted octanol–water partition coefficient (Wildman–Crippen LogP) is 12.3. The van der Waals surface area contributed by atoms with Crippen LogP contribution in [0.3, 0.4) is 0 Å². The van der Waals surface area contributed by atoms with Crippen LogP contribution in [0.5, 0.6) is 0 Å². The van der Waals surface area contributed by atoms with E-state index in [2.05, 4.69) is 153 Å². The highest BCUT2D eigenvalue weighted by molar-refractivity contribution is 7.09. The standard InChI is InChI=1S/C44H50Si.Mg/c1-11-29-27-33-15-13-17-37(31-19-23-35(24-20-31)43(3,4)5)39(33)41(29)45(9,10)42-30(12-2)28-34-16-14-18-38(40(34)42)32-21-25-36(26-22-32)44(6,7)8;/h13-28H,11-12H2,1-10H3;. The van der Waals surface area contributed by atoms with Gasteiger partial charge in [0.25, 0.3) is 0 Å². The number of allylic oxidation sites excluding steroid dienone is 2. The summed E-state index contributed by atoms with van der Waals surface area (Å²) in [5.74, 6) is 0. The fourth-order valence-electron chi connectivity index (χ4n) is 9.28. The van der Waals surface area contributed by atoms with Gasteiger partial charge < -0.3 is 0 Å². The highest BCUT2D eigenvalue weighted by Gasteiger charge is 2.50. The monoisotopic (exact) mass is 630 g/mol. The van der Waals surface area contributed by atoms with Gasteiger partial charge in [0.15, 0.2) is 0 Å². The zero-order valence-corrected chi connectivity index (χ0v) is 32.3. The van der Waals surface area contributed by atoms with Gasteiger partial charge >= 0.3 is 20.4 Å². The molecule has 4 bridgehead atoms. The van der Waals surface area contributed by atoms with E-state index in [1.165, 1.54) is 46.2 Å². The molecular weight excluding hydrogens is 581 g/mol. The molecule has 46 heavy (non-hydrogen) atoms. The van der Waals surface area contributed by atoms with Crippen molar-refractivity contribution in [2.24, 2.45) is 0 Å². The molecule has 4 aromatic carbocycles. The van der Waals surface area contributed by atoms with Gasteiger partial charge in [-0.25, -0.2) is 0 Å². The summed E-state index contributed by atoms with van der Waals surface area (Å²) in [7, 11) is -2.15. The summed E-state index contributed by atoms with van der Waals surface area (Å²) < 4.78 is 1.26. The van der Waals surface area contributed by atoms with Crippen molar-refractivity contribution in [1.29, 1.82) is 0 Å². The van der Waals surface area contributed by atoms with Gasteiger partial charge in [-0.2, -0.15) is 0 Å². The quantitative estimate of drug-likeness (QED) is 0.197. The van der Waals surface area contributed by atoms with Crippen molar-refractivity contribution in [3.05, 3.63) is 129 Å². The van der Waals surface area contributed by atoms with Gasteiger partial charge in [0.1, 0.15) is 8.07 Å². The average Bonchev–Trinajstić information content (AvgIpc) is 3.54. The number of hydrogen-bond donors (Lipinski definition) is 0. The summed E-state index contributed by atoms with van der Waals surface area (Å²) in [5.41, 5.74) is 18.9. The summed E-state index contributed by atoms with van der Waals surface area (Å²) in [6.45, 7) is 24.2. The molecule has 0 fully saturated rings. The molecule has 0 saturated heterocycles. The van der Waals surface area contributed by atoms with Crippen molar-refractivity contribution in [2.75, 3.05) is 0 Å². The minimum absolute atomic E-state index is 0.155. The van der Waals surface area contributed by atoms with Crippen LogP contribution in [0.15, 0.2) is 96.1 Å². The SMILES string of the molecule is CCC1=C2c3c(-c4ccc(C(C)(C)C)cc4)cccc3[CH]1[Mg][CH]1C(CC)=C(c3c(-c4ccc(C(C)(C)C)cc4)cccc31)[Si]2(C)C. The van der Waals surface area contributed by atoms with E-state index in [4.69, 9.17) is 0 Å². The molecule has 0 nitrogen and oxygen atoms in total. The van der Waals surface area contributed by atoms with E-state index in [1.54, 1.807) is 43.8 Å². The Morgan fingerprint density at radius 3 is 1.24 bits per heavy atom. The summed E-state index contributed by atoms with van der Waals surface area (Å²) >= 11 is -0.555. The number of hydrogen-bond acceptors (Lipinski definition) is 0. The molecule has 0 N–H and O–H groups in total. The van der Waals surface area contributed by atoms with E-state index in [9.17, 15) is 0 Å². The Kier molecular flexibility index (Phi) is 7.78. The second-order valence-corrected chi connectivity index (χ2v) is 23.0. The third-order valence-corrected chi connectivity index (χ3v) is 18.0. The lowest BCUT2D eigenvalue weighted by molar-refractivity contribution is 0.590. The smallest absolute Gasteiger partial charge is 0.0893 e. The molecule has 7 rings (SSSR count). The average molecular weight is 631 g/mol. The Balaban J connectivity index is 1.44. The van der Waals surface area contributed by atoms with Gasteiger partial charge in [0.05, 0.1) is 0 Å². The highest BCUT2D eigenvalue weighted by atomic mass is 28.3. The van der Waals surface area contributed by atoms with Crippen molar-refractivity contribution in [3.8, 4) is 22.3 Å². The first kappa shape index (κ1) is 31.9. The molecule has 0 aromatic heterocycles. The van der Waals surface area contributed by atoms with Crippen molar-refractivity contribution < 1.29 is 0 Å². The summed E-state index contributed by atoms with van der Waals surface area (Å²) in [4.78, 5) is 0. The zero-order valence-electron chi connectivity index (χ0n) is 29.9. The zero-order chi connectivity index (χ0) is 32.8. The lowest BCUT2D eigenvalue weighted by Gasteiger charge is -2.34. The first-order valence-electron chi connectivity index (χ1n) is 17.7. The normalized spacial score (nSPS) is 19.7. The van der Waals surface area contributed by atoms with Crippen molar-refractivity contribution in [2.45, 2.75) is 100 Å². The number of benzene rings is 4. The van der Waals surface area contributed by atoms with E-state index < -0.39 is 28.4 Å². The summed E-state index contributed by atoms with van der Waals surface area (Å²) in [5, 5.41) is 3.53. The first-order chi connectivity index (χ1) is 21.8. The molecular formula is C44H50MgSi. The fourth-order valence-corrected chi connectivity index (χ4v) is 17.3. The molecule has 1 aliphatic heterocycles. The molecule has 2 atom stereocenters. The second-order valence-electron chi connectivity index (χ2n) is 16.7. The molecule has 0 radical (unpaired) electrons. The van der Waals surface area contributed by atoms with E-state index in [0.717, 1.165) is 0 Å². The van der Waals surface area contributed by atoms with Crippen molar-refractivity contribution >= 4 is 38.8 Å². The van der Waals surface area contributed by atoms with Crippen LogP contribution in [0.2, 0.25) is 13.1 Å². The predicted molar refractivity (Wildman–Crippen MR) is 204 cm³/mol. The van der Waals surface area contributed by atoms with Crippen LogP contribution < -0.4 is 0 Å². The molecule has 2 unspecified atom stereocenters. The lowest BCUT2D eigenvalue weighted by Crippen LogP contribution is -2.33. The minimum atomic E-state index is -2.15. The molecule has 1 heterocycles. The van der Waals surface area contributed by atoms with Crippen LogP contribution in [0.1, 0.15) is 110 Å². The van der Waals surface area contributed by atoms with E-state index in [-0.39, 0.29) is 10.8 Å². The van der Waals surface area contributed by atoms with E-state index >= 15 is 0 Å². The van der Waals surface area contributed by atoms with Crippen LogP contribution in [-0.2, 0) is 10.8 Å². The molecule has 0 saturated carbocycles. The topological polar surface area (TPSA) is 0 Å². The minimum Gasteiger partial charge on any atom is -0.0893 e. The Labute approximate surface area is 289 Å². The van der Waals surface area contributed by atoms with Gasteiger partial charge in [-0.1, -0.05) is 184 Å². The highest BCUT2D eigenvalue weighted by Crippen LogP contribution is 2.61. The molecule has 2 heteroatoms.